The minimum absolute atomic E-state index is 0.0972. The second-order valence-corrected chi connectivity index (χ2v) is 5.04. The molecular formula is C12H26N4O4. The van der Waals surface area contributed by atoms with Gasteiger partial charge in [0.2, 0.25) is 0 Å². The van der Waals surface area contributed by atoms with Gasteiger partial charge in [-0.15, -0.1) is 0 Å². The number of carboxylic acid groups (broad SMARTS) is 2. The molecule has 10 N–H and O–H groups in total. The standard InChI is InChI=1S/C12H26N4O4/c13-3-1-7(5-9(15)11(17)18)8(2-4-14)6-10(16)12(19)20/h7-10H,1-6,13-16H2,(H,17,18)(H,19,20). The summed E-state index contributed by atoms with van der Waals surface area (Å²) in [6, 6.07) is -1.99. The molecule has 0 amide bonds. The van der Waals surface area contributed by atoms with E-state index in [0.29, 0.717) is 25.9 Å². The molecule has 0 rings (SSSR count). The molecule has 0 aromatic carbocycles. The Morgan fingerprint density at radius 2 is 1.10 bits per heavy atom. The zero-order chi connectivity index (χ0) is 15.7. The fourth-order valence-corrected chi connectivity index (χ4v) is 2.37. The van der Waals surface area contributed by atoms with Crippen molar-refractivity contribution in [3.63, 3.8) is 0 Å². The lowest BCUT2D eigenvalue weighted by molar-refractivity contribution is -0.140. The molecule has 0 saturated carbocycles. The Bertz CT molecular complexity index is 284. The van der Waals surface area contributed by atoms with Crippen molar-refractivity contribution < 1.29 is 19.8 Å². The fourth-order valence-electron chi connectivity index (χ4n) is 2.37. The van der Waals surface area contributed by atoms with Gasteiger partial charge < -0.3 is 33.1 Å². The molecule has 0 aliphatic carbocycles. The SMILES string of the molecule is NCCC(CC(N)C(=O)O)C(CCN)CC(N)C(=O)O. The molecule has 0 aliphatic rings. The lowest BCUT2D eigenvalue weighted by atomic mass is 9.79. The molecule has 4 unspecified atom stereocenters. The van der Waals surface area contributed by atoms with E-state index in [2.05, 4.69) is 0 Å². The fraction of sp³-hybridized carbons (Fsp3) is 0.833. The van der Waals surface area contributed by atoms with E-state index in [9.17, 15) is 9.59 Å². The van der Waals surface area contributed by atoms with Crippen molar-refractivity contribution in [3.05, 3.63) is 0 Å². The lowest BCUT2D eigenvalue weighted by Gasteiger charge is -2.29. The van der Waals surface area contributed by atoms with Gasteiger partial charge in [0.1, 0.15) is 12.1 Å². The Morgan fingerprint density at radius 3 is 1.30 bits per heavy atom. The number of carbonyl (C=O) groups is 2. The quantitative estimate of drug-likeness (QED) is 0.266. The third-order valence-corrected chi connectivity index (χ3v) is 3.49. The van der Waals surface area contributed by atoms with Gasteiger partial charge in [-0.3, -0.25) is 9.59 Å². The van der Waals surface area contributed by atoms with Gasteiger partial charge in [-0.2, -0.15) is 0 Å². The van der Waals surface area contributed by atoms with Crippen LogP contribution in [-0.2, 0) is 9.59 Å². The predicted molar refractivity (Wildman–Crippen MR) is 74.8 cm³/mol. The molecule has 0 radical (unpaired) electrons. The number of hydrogen-bond acceptors (Lipinski definition) is 6. The summed E-state index contributed by atoms with van der Waals surface area (Å²) < 4.78 is 0. The third kappa shape index (κ3) is 6.80. The minimum atomic E-state index is -1.08. The maximum Gasteiger partial charge on any atom is 0.320 e. The van der Waals surface area contributed by atoms with E-state index >= 15 is 0 Å². The number of aliphatic carboxylic acids is 2. The van der Waals surface area contributed by atoms with Crippen LogP contribution in [0.25, 0.3) is 0 Å². The lowest BCUT2D eigenvalue weighted by Crippen LogP contribution is -2.39. The van der Waals surface area contributed by atoms with Crippen molar-refractivity contribution in [1.29, 1.82) is 0 Å². The van der Waals surface area contributed by atoms with Gasteiger partial charge in [-0.25, -0.2) is 0 Å². The van der Waals surface area contributed by atoms with Gasteiger partial charge in [-0.05, 0) is 50.6 Å². The molecule has 0 bridgehead atoms. The zero-order valence-electron chi connectivity index (χ0n) is 11.6. The summed E-state index contributed by atoms with van der Waals surface area (Å²) in [7, 11) is 0. The van der Waals surface area contributed by atoms with Gasteiger partial charge in [0, 0.05) is 0 Å². The van der Waals surface area contributed by atoms with Crippen LogP contribution in [-0.4, -0.2) is 47.3 Å². The van der Waals surface area contributed by atoms with E-state index in [4.69, 9.17) is 33.1 Å². The molecule has 0 aliphatic heterocycles. The predicted octanol–water partition coefficient (Wildman–Crippen LogP) is -1.48. The first kappa shape index (κ1) is 18.8. The first-order chi connectivity index (χ1) is 9.33. The molecule has 0 saturated heterocycles. The van der Waals surface area contributed by atoms with E-state index in [-0.39, 0.29) is 24.7 Å². The number of hydrogen-bond donors (Lipinski definition) is 6. The Kier molecular flexibility index (Phi) is 9.06. The van der Waals surface area contributed by atoms with E-state index in [1.54, 1.807) is 0 Å². The molecule has 0 heterocycles. The van der Waals surface area contributed by atoms with Crippen LogP contribution in [0.3, 0.4) is 0 Å². The third-order valence-electron chi connectivity index (χ3n) is 3.49. The van der Waals surface area contributed by atoms with E-state index in [1.165, 1.54) is 0 Å². The normalized spacial score (nSPS) is 17.2. The number of carboxylic acids is 2. The van der Waals surface area contributed by atoms with Crippen LogP contribution in [0.5, 0.6) is 0 Å². The summed E-state index contributed by atoms with van der Waals surface area (Å²) in [5, 5.41) is 17.8. The summed E-state index contributed by atoms with van der Waals surface area (Å²) in [6.45, 7) is 0.751. The molecule has 0 spiro atoms. The van der Waals surface area contributed by atoms with E-state index in [0.717, 1.165) is 0 Å². The molecule has 4 atom stereocenters. The van der Waals surface area contributed by atoms with Crippen molar-refractivity contribution in [2.24, 2.45) is 34.8 Å². The number of nitrogens with two attached hydrogens (primary N) is 4. The van der Waals surface area contributed by atoms with Crippen molar-refractivity contribution in [2.45, 2.75) is 37.8 Å². The average Bonchev–Trinajstić information content (AvgIpc) is 2.37. The second kappa shape index (κ2) is 9.65. The molecule has 0 aromatic rings. The smallest absolute Gasteiger partial charge is 0.320 e. The van der Waals surface area contributed by atoms with Gasteiger partial charge >= 0.3 is 11.9 Å². The zero-order valence-corrected chi connectivity index (χ0v) is 11.6. The van der Waals surface area contributed by atoms with Crippen LogP contribution in [0.2, 0.25) is 0 Å². The highest BCUT2D eigenvalue weighted by atomic mass is 16.4. The highest BCUT2D eigenvalue weighted by molar-refractivity contribution is 5.73. The van der Waals surface area contributed by atoms with Crippen molar-refractivity contribution in [3.8, 4) is 0 Å². The molecule has 20 heavy (non-hydrogen) atoms. The van der Waals surface area contributed by atoms with Crippen LogP contribution >= 0.6 is 0 Å². The summed E-state index contributed by atoms with van der Waals surface area (Å²) in [4.78, 5) is 21.7. The van der Waals surface area contributed by atoms with E-state index in [1.807, 2.05) is 0 Å². The highest BCUT2D eigenvalue weighted by Crippen LogP contribution is 2.27. The summed E-state index contributed by atoms with van der Waals surface area (Å²) in [5.74, 6) is -2.36. The average molecular weight is 290 g/mol. The maximum atomic E-state index is 10.9. The Labute approximate surface area is 118 Å². The van der Waals surface area contributed by atoms with Crippen LogP contribution in [0.1, 0.15) is 25.7 Å². The van der Waals surface area contributed by atoms with Crippen LogP contribution in [0, 0.1) is 11.8 Å². The first-order valence-electron chi connectivity index (χ1n) is 6.70. The summed E-state index contributed by atoms with van der Waals surface area (Å²) in [6.07, 6.45) is 1.61. The van der Waals surface area contributed by atoms with Gasteiger partial charge in [0.05, 0.1) is 0 Å². The van der Waals surface area contributed by atoms with Gasteiger partial charge in [0.15, 0.2) is 0 Å². The van der Waals surface area contributed by atoms with E-state index < -0.39 is 24.0 Å². The molecular weight excluding hydrogens is 264 g/mol. The Morgan fingerprint density at radius 1 is 0.800 bits per heavy atom. The topological polar surface area (TPSA) is 179 Å². The van der Waals surface area contributed by atoms with Gasteiger partial charge in [0.25, 0.3) is 0 Å². The van der Waals surface area contributed by atoms with Crippen LogP contribution in [0.4, 0.5) is 0 Å². The van der Waals surface area contributed by atoms with Crippen LogP contribution < -0.4 is 22.9 Å². The molecule has 118 valence electrons. The first-order valence-corrected chi connectivity index (χ1v) is 6.70. The second-order valence-electron chi connectivity index (χ2n) is 5.04. The monoisotopic (exact) mass is 290 g/mol. The maximum absolute atomic E-state index is 10.9. The summed E-state index contributed by atoms with van der Waals surface area (Å²) >= 11 is 0. The molecule has 8 nitrogen and oxygen atoms in total. The number of rotatable bonds is 11. The molecule has 8 heteroatoms. The molecule has 0 aromatic heterocycles. The van der Waals surface area contributed by atoms with Crippen molar-refractivity contribution >= 4 is 11.9 Å². The van der Waals surface area contributed by atoms with Crippen molar-refractivity contribution in [1.82, 2.24) is 0 Å². The Balaban J connectivity index is 4.83. The minimum Gasteiger partial charge on any atom is -0.480 e. The van der Waals surface area contributed by atoms with Crippen molar-refractivity contribution in [2.75, 3.05) is 13.1 Å². The van der Waals surface area contributed by atoms with Gasteiger partial charge in [-0.1, -0.05) is 0 Å². The highest BCUT2D eigenvalue weighted by Gasteiger charge is 2.28. The Hall–Kier alpha value is -1.22. The largest absolute Gasteiger partial charge is 0.480 e. The molecule has 0 fully saturated rings. The summed E-state index contributed by atoms with van der Waals surface area (Å²) in [5.41, 5.74) is 22.2. The van der Waals surface area contributed by atoms with Crippen LogP contribution in [0.15, 0.2) is 0 Å².